The number of ether oxygens (including phenoxy) is 2. The Morgan fingerprint density at radius 1 is 0.929 bits per heavy atom. The molecule has 2 aromatic carbocycles. The summed E-state index contributed by atoms with van der Waals surface area (Å²) in [7, 11) is 1.58. The molecule has 0 spiro atoms. The predicted octanol–water partition coefficient (Wildman–Crippen LogP) is 4.46. The number of methoxy groups -OCH3 is 1. The Morgan fingerprint density at radius 2 is 1.75 bits per heavy atom. The fourth-order valence-corrected chi connectivity index (χ4v) is 2.86. The zero-order valence-electron chi connectivity index (χ0n) is 15.5. The summed E-state index contributed by atoms with van der Waals surface area (Å²) < 4.78 is 11.2. The first-order chi connectivity index (χ1) is 13.7. The number of rotatable bonds is 5. The lowest BCUT2D eigenvalue weighted by Crippen LogP contribution is -2.04. The number of nitrogens with zero attached hydrogens (tertiary/aromatic N) is 3. The van der Waals surface area contributed by atoms with Crippen molar-refractivity contribution in [3.8, 4) is 17.4 Å². The minimum Gasteiger partial charge on any atom is -0.493 e. The van der Waals surface area contributed by atoms with Crippen LogP contribution in [0, 0.1) is 6.92 Å². The summed E-state index contributed by atoms with van der Waals surface area (Å²) in [4.78, 5) is 13.0. The highest BCUT2D eigenvalue weighted by Gasteiger charge is 2.14. The lowest BCUT2D eigenvalue weighted by molar-refractivity contribution is 0.374. The van der Waals surface area contributed by atoms with Crippen molar-refractivity contribution in [2.45, 2.75) is 6.92 Å². The molecule has 0 atom stereocenters. The Balaban J connectivity index is 1.68. The van der Waals surface area contributed by atoms with E-state index in [1.807, 2.05) is 49.4 Å². The van der Waals surface area contributed by atoms with Crippen molar-refractivity contribution in [1.82, 2.24) is 15.0 Å². The molecule has 28 heavy (non-hydrogen) atoms. The van der Waals surface area contributed by atoms with E-state index >= 15 is 0 Å². The third-order valence-electron chi connectivity index (χ3n) is 4.25. The maximum atomic E-state index is 6.27. The van der Waals surface area contributed by atoms with E-state index in [-0.39, 0.29) is 5.88 Å². The molecule has 2 heterocycles. The van der Waals surface area contributed by atoms with E-state index in [1.165, 1.54) is 6.33 Å². The van der Waals surface area contributed by atoms with Gasteiger partial charge in [0, 0.05) is 16.8 Å². The van der Waals surface area contributed by atoms with Crippen LogP contribution in [0.15, 0.2) is 60.9 Å². The zero-order valence-corrected chi connectivity index (χ0v) is 15.5. The number of nitrogen functional groups attached to an aromatic ring is 1. The average Bonchev–Trinajstić information content (AvgIpc) is 2.71. The highest BCUT2D eigenvalue weighted by atomic mass is 16.5. The number of hydrogen-bond donors (Lipinski definition) is 2. The maximum absolute atomic E-state index is 6.27. The van der Waals surface area contributed by atoms with Crippen molar-refractivity contribution in [1.29, 1.82) is 0 Å². The van der Waals surface area contributed by atoms with Gasteiger partial charge in [-0.25, -0.2) is 4.98 Å². The number of fused-ring (bicyclic) bond motifs is 1. The largest absolute Gasteiger partial charge is 0.493 e. The topological polar surface area (TPSA) is 95.2 Å². The minimum absolute atomic E-state index is 0.246. The molecule has 0 amide bonds. The van der Waals surface area contributed by atoms with Gasteiger partial charge in [0.15, 0.2) is 17.3 Å². The number of aryl methyl sites for hydroxylation is 1. The highest BCUT2D eigenvalue weighted by Crippen LogP contribution is 2.36. The van der Waals surface area contributed by atoms with Crippen LogP contribution in [0.25, 0.3) is 10.9 Å². The predicted molar refractivity (Wildman–Crippen MR) is 109 cm³/mol. The number of anilines is 3. The Bertz CT molecular complexity index is 1150. The molecule has 0 aliphatic carbocycles. The Labute approximate surface area is 162 Å². The van der Waals surface area contributed by atoms with Crippen LogP contribution in [0.2, 0.25) is 0 Å². The van der Waals surface area contributed by atoms with Crippen LogP contribution in [0.1, 0.15) is 5.69 Å². The van der Waals surface area contributed by atoms with Crippen molar-refractivity contribution in [2.24, 2.45) is 0 Å². The van der Waals surface area contributed by atoms with E-state index in [4.69, 9.17) is 15.2 Å². The molecule has 4 aromatic rings. The molecule has 0 saturated heterocycles. The molecule has 0 saturated carbocycles. The molecule has 0 fully saturated rings. The van der Waals surface area contributed by atoms with Crippen LogP contribution >= 0.6 is 0 Å². The van der Waals surface area contributed by atoms with Gasteiger partial charge < -0.3 is 20.5 Å². The van der Waals surface area contributed by atoms with Gasteiger partial charge in [0.05, 0.1) is 12.6 Å². The van der Waals surface area contributed by atoms with Gasteiger partial charge in [-0.15, -0.1) is 0 Å². The van der Waals surface area contributed by atoms with Gasteiger partial charge in [-0.3, -0.25) is 4.98 Å². The quantitative estimate of drug-likeness (QED) is 0.533. The maximum Gasteiger partial charge on any atom is 0.248 e. The van der Waals surface area contributed by atoms with E-state index in [1.54, 1.807) is 19.2 Å². The summed E-state index contributed by atoms with van der Waals surface area (Å²) in [6.07, 6.45) is 1.40. The van der Waals surface area contributed by atoms with Crippen LogP contribution in [-0.4, -0.2) is 22.1 Å². The zero-order chi connectivity index (χ0) is 19.5. The van der Waals surface area contributed by atoms with Crippen molar-refractivity contribution in [3.05, 3.63) is 66.6 Å². The highest BCUT2D eigenvalue weighted by molar-refractivity contribution is 5.94. The van der Waals surface area contributed by atoms with Crippen molar-refractivity contribution in [2.75, 3.05) is 18.2 Å². The lowest BCUT2D eigenvalue weighted by atomic mass is 10.1. The molecule has 7 nitrogen and oxygen atoms in total. The summed E-state index contributed by atoms with van der Waals surface area (Å²) in [6.45, 7) is 1.96. The second kappa shape index (κ2) is 7.40. The molecule has 0 radical (unpaired) electrons. The van der Waals surface area contributed by atoms with Gasteiger partial charge in [-0.1, -0.05) is 18.2 Å². The second-order valence-corrected chi connectivity index (χ2v) is 6.14. The molecule has 3 N–H and O–H groups in total. The molecule has 0 bridgehead atoms. The van der Waals surface area contributed by atoms with E-state index in [2.05, 4.69) is 20.3 Å². The first-order valence-corrected chi connectivity index (χ1v) is 8.70. The third kappa shape index (κ3) is 3.37. The number of benzene rings is 2. The SMILES string of the molecule is COc1ccccc1Oc1ncnc(Nc2cccc3nc(C)ccc23)c1N. The number of para-hydroxylation sites is 2. The van der Waals surface area contributed by atoms with Crippen molar-refractivity contribution >= 4 is 28.1 Å². The van der Waals surface area contributed by atoms with Gasteiger partial charge >= 0.3 is 0 Å². The average molecular weight is 373 g/mol. The fraction of sp³-hybridized carbons (Fsp3) is 0.0952. The summed E-state index contributed by atoms with van der Waals surface area (Å²) in [5, 5.41) is 4.23. The second-order valence-electron chi connectivity index (χ2n) is 6.14. The summed E-state index contributed by atoms with van der Waals surface area (Å²) in [5.74, 6) is 1.81. The van der Waals surface area contributed by atoms with E-state index < -0.39 is 0 Å². The fourth-order valence-electron chi connectivity index (χ4n) is 2.86. The van der Waals surface area contributed by atoms with E-state index in [0.29, 0.717) is 23.0 Å². The summed E-state index contributed by atoms with van der Waals surface area (Å²) in [6, 6.07) is 17.1. The smallest absolute Gasteiger partial charge is 0.248 e. The van der Waals surface area contributed by atoms with E-state index in [0.717, 1.165) is 22.3 Å². The van der Waals surface area contributed by atoms with Gasteiger partial charge in [0.2, 0.25) is 5.88 Å². The normalized spacial score (nSPS) is 10.6. The number of pyridine rings is 1. The summed E-state index contributed by atoms with van der Waals surface area (Å²) >= 11 is 0. The first-order valence-electron chi connectivity index (χ1n) is 8.70. The minimum atomic E-state index is 0.246. The van der Waals surface area contributed by atoms with Crippen LogP contribution in [0.3, 0.4) is 0 Å². The lowest BCUT2D eigenvalue weighted by Gasteiger charge is -2.14. The third-order valence-corrected chi connectivity index (χ3v) is 4.25. The van der Waals surface area contributed by atoms with Crippen molar-refractivity contribution < 1.29 is 9.47 Å². The van der Waals surface area contributed by atoms with Crippen LogP contribution < -0.4 is 20.5 Å². The summed E-state index contributed by atoms with van der Waals surface area (Å²) in [5.41, 5.74) is 9.26. The molecular formula is C21H19N5O2. The van der Waals surface area contributed by atoms with Crippen LogP contribution in [0.4, 0.5) is 17.2 Å². The van der Waals surface area contributed by atoms with Gasteiger partial charge in [0.25, 0.3) is 0 Å². The molecule has 0 aliphatic rings. The van der Waals surface area contributed by atoms with Crippen molar-refractivity contribution in [3.63, 3.8) is 0 Å². The number of nitrogens with two attached hydrogens (primary N) is 1. The molecule has 7 heteroatoms. The Hall–Kier alpha value is -3.87. The standard InChI is InChI=1S/C21H19N5O2/c1-13-10-11-14-15(25-13)6-5-7-16(14)26-20-19(22)21(24-12-23-20)28-18-9-4-3-8-17(18)27-2/h3-12H,22H2,1-2H3,(H,23,24,26). The molecule has 140 valence electrons. The first kappa shape index (κ1) is 17.5. The number of hydrogen-bond acceptors (Lipinski definition) is 7. The molecular weight excluding hydrogens is 354 g/mol. The number of nitrogens with one attached hydrogen (secondary N) is 1. The molecule has 0 aliphatic heterocycles. The van der Waals surface area contributed by atoms with E-state index in [9.17, 15) is 0 Å². The van der Waals surface area contributed by atoms with Gasteiger partial charge in [0.1, 0.15) is 12.0 Å². The van der Waals surface area contributed by atoms with Gasteiger partial charge in [-0.05, 0) is 43.3 Å². The van der Waals surface area contributed by atoms with Gasteiger partial charge in [-0.2, -0.15) is 4.98 Å². The Kier molecular flexibility index (Phi) is 4.63. The number of aromatic nitrogens is 3. The monoisotopic (exact) mass is 373 g/mol. The molecule has 0 unspecified atom stereocenters. The Morgan fingerprint density at radius 3 is 2.57 bits per heavy atom. The van der Waals surface area contributed by atoms with Crippen LogP contribution in [-0.2, 0) is 0 Å². The van der Waals surface area contributed by atoms with Crippen LogP contribution in [0.5, 0.6) is 17.4 Å². The molecule has 4 rings (SSSR count). The molecule has 2 aromatic heterocycles.